The van der Waals surface area contributed by atoms with Crippen LogP contribution in [0.3, 0.4) is 0 Å². The van der Waals surface area contributed by atoms with E-state index >= 15 is 0 Å². The molecule has 1 rings (SSSR count). The van der Waals surface area contributed by atoms with Crippen LogP contribution in [0.2, 0.25) is 0 Å². The first-order chi connectivity index (χ1) is 9.36. The smallest absolute Gasteiger partial charge is 0.355 e. The minimum Gasteiger partial charge on any atom is -0.448 e. The highest BCUT2D eigenvalue weighted by molar-refractivity contribution is 5.92. The highest BCUT2D eigenvalue weighted by Crippen LogP contribution is 2.17. The molecule has 1 aromatic rings. The number of nitrogens with two attached hydrogens (primary N) is 1. The molecule has 3 N–H and O–H groups in total. The molecule has 0 aliphatic heterocycles. The SMILES string of the molecule is CCCNC(=O)C(C)OC(=O)c1cc(N)cn1C(C)C. The van der Waals surface area contributed by atoms with E-state index in [1.54, 1.807) is 23.8 Å². The molecule has 1 heterocycles. The summed E-state index contributed by atoms with van der Waals surface area (Å²) in [5.41, 5.74) is 6.55. The van der Waals surface area contributed by atoms with Gasteiger partial charge in [-0.3, -0.25) is 4.79 Å². The molecule has 1 amide bonds. The third-order valence-electron chi connectivity index (χ3n) is 2.84. The Morgan fingerprint density at radius 1 is 1.40 bits per heavy atom. The van der Waals surface area contributed by atoms with Gasteiger partial charge in [-0.1, -0.05) is 6.92 Å². The molecule has 0 aliphatic carbocycles. The summed E-state index contributed by atoms with van der Waals surface area (Å²) in [5.74, 6) is -0.842. The van der Waals surface area contributed by atoms with Gasteiger partial charge in [-0.2, -0.15) is 0 Å². The molecule has 0 saturated heterocycles. The molecular formula is C14H23N3O3. The van der Waals surface area contributed by atoms with Crippen LogP contribution in [0.1, 0.15) is 50.6 Å². The molecule has 1 atom stereocenters. The van der Waals surface area contributed by atoms with Crippen LogP contribution >= 0.6 is 0 Å². The molecule has 0 bridgehead atoms. The van der Waals surface area contributed by atoms with E-state index in [1.807, 2.05) is 20.8 Å². The third-order valence-corrected chi connectivity index (χ3v) is 2.84. The van der Waals surface area contributed by atoms with Crippen molar-refractivity contribution in [2.45, 2.75) is 46.3 Å². The first-order valence-corrected chi connectivity index (χ1v) is 6.82. The number of rotatable bonds is 6. The van der Waals surface area contributed by atoms with E-state index in [1.165, 1.54) is 0 Å². The fraction of sp³-hybridized carbons (Fsp3) is 0.571. The first-order valence-electron chi connectivity index (χ1n) is 6.82. The number of carbonyl (C=O) groups is 2. The number of carbonyl (C=O) groups excluding carboxylic acids is 2. The number of aromatic nitrogens is 1. The van der Waals surface area contributed by atoms with Gasteiger partial charge in [-0.05, 0) is 33.3 Å². The summed E-state index contributed by atoms with van der Waals surface area (Å²) >= 11 is 0. The topological polar surface area (TPSA) is 86.3 Å². The number of esters is 1. The van der Waals surface area contributed by atoms with Crippen LogP contribution in [0.4, 0.5) is 5.69 Å². The molecule has 0 radical (unpaired) electrons. The Balaban J connectivity index is 2.74. The second-order valence-electron chi connectivity index (χ2n) is 5.00. The summed E-state index contributed by atoms with van der Waals surface area (Å²) in [4.78, 5) is 23.8. The van der Waals surface area contributed by atoms with Crippen molar-refractivity contribution >= 4 is 17.6 Å². The lowest BCUT2D eigenvalue weighted by Gasteiger charge is -2.15. The summed E-state index contributed by atoms with van der Waals surface area (Å²) in [7, 11) is 0. The maximum absolute atomic E-state index is 12.1. The Kier molecular flexibility index (Phi) is 5.61. The maximum atomic E-state index is 12.1. The lowest BCUT2D eigenvalue weighted by molar-refractivity contribution is -0.129. The Labute approximate surface area is 119 Å². The van der Waals surface area contributed by atoms with Crippen molar-refractivity contribution in [2.24, 2.45) is 0 Å². The van der Waals surface area contributed by atoms with Gasteiger partial charge >= 0.3 is 5.97 Å². The highest BCUT2D eigenvalue weighted by Gasteiger charge is 2.22. The molecule has 112 valence electrons. The van der Waals surface area contributed by atoms with Crippen molar-refractivity contribution in [1.29, 1.82) is 0 Å². The lowest BCUT2D eigenvalue weighted by Crippen LogP contribution is -2.36. The van der Waals surface area contributed by atoms with Gasteiger partial charge in [0.15, 0.2) is 6.10 Å². The van der Waals surface area contributed by atoms with E-state index in [4.69, 9.17) is 10.5 Å². The third kappa shape index (κ3) is 4.01. The first kappa shape index (κ1) is 16.1. The summed E-state index contributed by atoms with van der Waals surface area (Å²) in [6, 6.07) is 1.64. The normalized spacial score (nSPS) is 12.2. The quantitative estimate of drug-likeness (QED) is 0.777. The van der Waals surface area contributed by atoms with E-state index < -0.39 is 12.1 Å². The molecule has 1 unspecified atom stereocenters. The van der Waals surface area contributed by atoms with Crippen molar-refractivity contribution in [1.82, 2.24) is 9.88 Å². The van der Waals surface area contributed by atoms with Gasteiger partial charge in [0.25, 0.3) is 5.91 Å². The van der Waals surface area contributed by atoms with E-state index in [0.717, 1.165) is 6.42 Å². The largest absolute Gasteiger partial charge is 0.448 e. The number of nitrogens with zero attached hydrogens (tertiary/aromatic N) is 1. The summed E-state index contributed by atoms with van der Waals surface area (Å²) < 4.78 is 6.90. The lowest BCUT2D eigenvalue weighted by atomic mass is 10.3. The number of hydrogen-bond donors (Lipinski definition) is 2. The van der Waals surface area contributed by atoms with Crippen LogP contribution < -0.4 is 11.1 Å². The zero-order chi connectivity index (χ0) is 15.3. The van der Waals surface area contributed by atoms with Gasteiger partial charge in [-0.25, -0.2) is 4.79 Å². The zero-order valence-corrected chi connectivity index (χ0v) is 12.5. The fourth-order valence-corrected chi connectivity index (χ4v) is 1.76. The minimum absolute atomic E-state index is 0.0825. The summed E-state index contributed by atoms with van der Waals surface area (Å²) in [5, 5.41) is 2.68. The Hall–Kier alpha value is -1.98. The van der Waals surface area contributed by atoms with Crippen LogP contribution in [0, 0.1) is 0 Å². The number of amides is 1. The van der Waals surface area contributed by atoms with E-state index in [2.05, 4.69) is 5.32 Å². The van der Waals surface area contributed by atoms with E-state index in [0.29, 0.717) is 17.9 Å². The summed E-state index contributed by atoms with van der Waals surface area (Å²) in [6.45, 7) is 7.95. The monoisotopic (exact) mass is 281 g/mol. The number of nitrogen functional groups attached to an aromatic ring is 1. The minimum atomic E-state index is -0.828. The fourth-order valence-electron chi connectivity index (χ4n) is 1.76. The molecule has 0 spiro atoms. The number of hydrogen-bond acceptors (Lipinski definition) is 4. The molecular weight excluding hydrogens is 258 g/mol. The molecule has 1 aromatic heterocycles. The van der Waals surface area contributed by atoms with Crippen molar-refractivity contribution in [2.75, 3.05) is 12.3 Å². The van der Waals surface area contributed by atoms with Crippen LogP contribution in [-0.4, -0.2) is 29.1 Å². The predicted octanol–water partition coefficient (Wildman–Crippen LogP) is 1.72. The molecule has 0 fully saturated rings. The van der Waals surface area contributed by atoms with E-state index in [-0.39, 0.29) is 11.9 Å². The van der Waals surface area contributed by atoms with Crippen LogP contribution in [-0.2, 0) is 9.53 Å². The average Bonchev–Trinajstić information content (AvgIpc) is 2.78. The van der Waals surface area contributed by atoms with Crippen molar-refractivity contribution in [3.05, 3.63) is 18.0 Å². The Bertz CT molecular complexity index is 480. The van der Waals surface area contributed by atoms with Crippen LogP contribution in [0.5, 0.6) is 0 Å². The molecule has 0 aliphatic rings. The Morgan fingerprint density at radius 3 is 2.60 bits per heavy atom. The van der Waals surface area contributed by atoms with Gasteiger partial charge in [0.05, 0.1) is 5.69 Å². The number of ether oxygens (including phenoxy) is 1. The summed E-state index contributed by atoms with van der Waals surface area (Å²) in [6.07, 6.45) is 1.69. The second kappa shape index (κ2) is 6.98. The number of anilines is 1. The second-order valence-corrected chi connectivity index (χ2v) is 5.00. The molecule has 6 nitrogen and oxygen atoms in total. The number of nitrogens with one attached hydrogen (secondary N) is 1. The van der Waals surface area contributed by atoms with Crippen molar-refractivity contribution < 1.29 is 14.3 Å². The van der Waals surface area contributed by atoms with Gasteiger partial charge < -0.3 is 20.4 Å². The molecule has 0 saturated carbocycles. The van der Waals surface area contributed by atoms with Crippen molar-refractivity contribution in [3.63, 3.8) is 0 Å². The van der Waals surface area contributed by atoms with Gasteiger partial charge in [0.2, 0.25) is 0 Å². The van der Waals surface area contributed by atoms with Gasteiger partial charge in [-0.15, -0.1) is 0 Å². The van der Waals surface area contributed by atoms with Gasteiger partial charge in [0.1, 0.15) is 5.69 Å². The van der Waals surface area contributed by atoms with Gasteiger partial charge in [0, 0.05) is 18.8 Å². The zero-order valence-electron chi connectivity index (χ0n) is 12.5. The average molecular weight is 281 g/mol. The predicted molar refractivity (Wildman–Crippen MR) is 77.4 cm³/mol. The van der Waals surface area contributed by atoms with Crippen LogP contribution in [0.25, 0.3) is 0 Å². The maximum Gasteiger partial charge on any atom is 0.355 e. The van der Waals surface area contributed by atoms with Crippen molar-refractivity contribution in [3.8, 4) is 0 Å². The Morgan fingerprint density at radius 2 is 2.05 bits per heavy atom. The standard InChI is InChI=1S/C14H23N3O3/c1-5-6-16-13(18)10(4)20-14(19)12-7-11(15)8-17(12)9(2)3/h7-10H,5-6,15H2,1-4H3,(H,16,18). The molecule has 6 heteroatoms. The van der Waals surface area contributed by atoms with E-state index in [9.17, 15) is 9.59 Å². The molecule has 0 aromatic carbocycles. The van der Waals surface area contributed by atoms with Crippen LogP contribution in [0.15, 0.2) is 12.3 Å². The highest BCUT2D eigenvalue weighted by atomic mass is 16.5. The molecule has 20 heavy (non-hydrogen) atoms.